The van der Waals surface area contributed by atoms with E-state index in [1.54, 1.807) is 17.2 Å². The molecule has 0 atom stereocenters. The van der Waals surface area contributed by atoms with E-state index >= 15 is 4.39 Å². The Morgan fingerprint density at radius 1 is 1.19 bits per heavy atom. The fraction of sp³-hybridized carbons (Fsp3) is 0.308. The van der Waals surface area contributed by atoms with Crippen LogP contribution in [0.2, 0.25) is 5.02 Å². The van der Waals surface area contributed by atoms with E-state index in [0.29, 0.717) is 60.9 Å². The lowest BCUT2D eigenvalue weighted by Gasteiger charge is -2.35. The Labute approximate surface area is 213 Å². The zero-order valence-corrected chi connectivity index (χ0v) is 21.2. The number of H-pyrrole nitrogens is 1. The summed E-state index contributed by atoms with van der Waals surface area (Å²) in [7, 11) is 3.83. The average Bonchev–Trinajstić information content (AvgIpc) is 3.33. The second-order valence-corrected chi connectivity index (χ2v) is 9.66. The number of rotatable bonds is 5. The van der Waals surface area contributed by atoms with E-state index in [1.807, 2.05) is 38.1 Å². The van der Waals surface area contributed by atoms with E-state index in [1.165, 1.54) is 6.08 Å². The molecule has 0 aliphatic carbocycles. The van der Waals surface area contributed by atoms with Crippen molar-refractivity contribution in [3.8, 4) is 11.1 Å². The van der Waals surface area contributed by atoms with Gasteiger partial charge in [0.2, 0.25) is 5.91 Å². The Morgan fingerprint density at radius 2 is 1.94 bits per heavy atom. The number of halogens is 2. The van der Waals surface area contributed by atoms with Crippen LogP contribution in [0.4, 0.5) is 10.2 Å². The van der Waals surface area contributed by atoms with Gasteiger partial charge < -0.3 is 14.7 Å². The van der Waals surface area contributed by atoms with Crippen molar-refractivity contribution in [2.24, 2.45) is 0 Å². The van der Waals surface area contributed by atoms with Crippen LogP contribution in [0.25, 0.3) is 32.9 Å². The number of amides is 1. The van der Waals surface area contributed by atoms with Gasteiger partial charge in [-0.1, -0.05) is 24.2 Å². The predicted molar refractivity (Wildman–Crippen MR) is 141 cm³/mol. The number of aromatic amines is 1. The van der Waals surface area contributed by atoms with E-state index in [2.05, 4.69) is 26.7 Å². The Bertz CT molecular complexity index is 1490. The van der Waals surface area contributed by atoms with Crippen molar-refractivity contribution in [2.45, 2.75) is 13.5 Å². The molecule has 1 saturated heterocycles. The highest BCUT2D eigenvalue weighted by atomic mass is 35.5. The van der Waals surface area contributed by atoms with Crippen LogP contribution in [0.1, 0.15) is 11.4 Å². The molecule has 1 N–H and O–H groups in total. The number of aryl methyl sites for hydroxylation is 1. The molecular weight excluding hydrogens is 481 g/mol. The number of hydrogen-bond donors (Lipinski definition) is 1. The molecule has 4 aromatic rings. The van der Waals surface area contributed by atoms with Gasteiger partial charge in [0, 0.05) is 48.1 Å². The van der Waals surface area contributed by atoms with Gasteiger partial charge in [0.05, 0.1) is 23.3 Å². The number of piperazine rings is 1. The van der Waals surface area contributed by atoms with Crippen LogP contribution in [0.5, 0.6) is 0 Å². The topological polar surface area (TPSA) is 81.3 Å². The van der Waals surface area contributed by atoms with Crippen molar-refractivity contribution in [1.82, 2.24) is 30.0 Å². The van der Waals surface area contributed by atoms with Crippen molar-refractivity contribution in [1.29, 1.82) is 0 Å². The van der Waals surface area contributed by atoms with Crippen LogP contribution >= 0.6 is 11.6 Å². The number of benzene rings is 2. The average molecular weight is 508 g/mol. The van der Waals surface area contributed by atoms with Gasteiger partial charge in [0.15, 0.2) is 5.82 Å². The summed E-state index contributed by atoms with van der Waals surface area (Å²) in [6, 6.07) is 5.59. The number of aromatic nitrogens is 4. The number of anilines is 1. The highest BCUT2D eigenvalue weighted by Crippen LogP contribution is 2.41. The molecule has 10 heteroatoms. The number of nitrogens with one attached hydrogen (secondary N) is 1. The molecule has 36 heavy (non-hydrogen) atoms. The van der Waals surface area contributed by atoms with Gasteiger partial charge in [0.1, 0.15) is 17.2 Å². The highest BCUT2D eigenvalue weighted by Gasteiger charge is 2.26. The molecule has 1 aliphatic rings. The fourth-order valence-corrected chi connectivity index (χ4v) is 5.06. The summed E-state index contributed by atoms with van der Waals surface area (Å²) in [5.74, 6) is 0.544. The zero-order chi connectivity index (χ0) is 25.6. The first-order chi connectivity index (χ1) is 17.3. The Balaban J connectivity index is 1.69. The Kier molecular flexibility index (Phi) is 6.36. The SMILES string of the molecule is C=CC(=O)N1CCN(c2nc(CN(C)C)nc3c(F)c(-c4c(C)ccc5[nH]ncc45)c(Cl)cc23)CC1. The normalized spacial score (nSPS) is 14.3. The third kappa shape index (κ3) is 4.18. The largest absolute Gasteiger partial charge is 0.352 e. The maximum atomic E-state index is 16.4. The van der Waals surface area contributed by atoms with Crippen molar-refractivity contribution in [3.05, 3.63) is 59.3 Å². The second-order valence-electron chi connectivity index (χ2n) is 9.25. The number of nitrogens with zero attached hydrogens (tertiary/aromatic N) is 6. The van der Waals surface area contributed by atoms with Crippen LogP contribution in [-0.4, -0.2) is 76.1 Å². The summed E-state index contributed by atoms with van der Waals surface area (Å²) in [6.07, 6.45) is 3.01. The van der Waals surface area contributed by atoms with Gasteiger partial charge in [-0.05, 0) is 44.8 Å². The van der Waals surface area contributed by atoms with E-state index in [4.69, 9.17) is 16.6 Å². The highest BCUT2D eigenvalue weighted by molar-refractivity contribution is 6.35. The third-order valence-corrected chi connectivity index (χ3v) is 6.81. The predicted octanol–water partition coefficient (Wildman–Crippen LogP) is 4.17. The first kappa shape index (κ1) is 24.1. The molecule has 8 nitrogen and oxygen atoms in total. The molecule has 2 aromatic carbocycles. The van der Waals surface area contributed by atoms with E-state index in [-0.39, 0.29) is 16.4 Å². The third-order valence-electron chi connectivity index (χ3n) is 6.51. The molecular formula is C26H27ClFN7O. The number of fused-ring (bicyclic) bond motifs is 2. The number of hydrogen-bond acceptors (Lipinski definition) is 6. The van der Waals surface area contributed by atoms with E-state index < -0.39 is 5.82 Å². The Morgan fingerprint density at radius 3 is 2.64 bits per heavy atom. The summed E-state index contributed by atoms with van der Waals surface area (Å²) in [5.41, 5.74) is 2.90. The van der Waals surface area contributed by atoms with Crippen molar-refractivity contribution in [2.75, 3.05) is 45.2 Å². The maximum absolute atomic E-state index is 16.4. The smallest absolute Gasteiger partial charge is 0.246 e. The minimum Gasteiger partial charge on any atom is -0.352 e. The molecule has 0 saturated carbocycles. The molecule has 0 radical (unpaired) electrons. The first-order valence-electron chi connectivity index (χ1n) is 11.7. The summed E-state index contributed by atoms with van der Waals surface area (Å²) >= 11 is 6.78. The van der Waals surface area contributed by atoms with E-state index in [9.17, 15) is 4.79 Å². The number of carbonyl (C=O) groups excluding carboxylic acids is 1. The minimum atomic E-state index is -0.488. The lowest BCUT2D eigenvalue weighted by molar-refractivity contribution is -0.126. The molecule has 5 rings (SSSR count). The molecule has 0 spiro atoms. The summed E-state index contributed by atoms with van der Waals surface area (Å²) < 4.78 is 16.4. The molecule has 1 amide bonds. The molecule has 1 aliphatic heterocycles. The first-order valence-corrected chi connectivity index (χ1v) is 12.1. The van der Waals surface area contributed by atoms with E-state index in [0.717, 1.165) is 16.5 Å². The lowest BCUT2D eigenvalue weighted by Crippen LogP contribution is -2.48. The van der Waals surface area contributed by atoms with Gasteiger partial charge in [-0.15, -0.1) is 0 Å². The molecule has 1 fully saturated rings. The molecule has 186 valence electrons. The maximum Gasteiger partial charge on any atom is 0.246 e. The molecule has 0 bridgehead atoms. The van der Waals surface area contributed by atoms with Gasteiger partial charge in [-0.25, -0.2) is 14.4 Å². The second kappa shape index (κ2) is 9.48. The van der Waals surface area contributed by atoms with Gasteiger partial charge in [-0.3, -0.25) is 9.89 Å². The van der Waals surface area contributed by atoms with Crippen LogP contribution in [0.3, 0.4) is 0 Å². The van der Waals surface area contributed by atoms with Crippen LogP contribution in [-0.2, 0) is 11.3 Å². The fourth-order valence-electron chi connectivity index (χ4n) is 4.77. The quantitative estimate of drug-likeness (QED) is 0.408. The summed E-state index contributed by atoms with van der Waals surface area (Å²) in [5, 5.41) is 8.70. The van der Waals surface area contributed by atoms with Crippen molar-refractivity contribution in [3.63, 3.8) is 0 Å². The van der Waals surface area contributed by atoms with Crippen LogP contribution < -0.4 is 4.90 Å². The van der Waals surface area contributed by atoms with Gasteiger partial charge >= 0.3 is 0 Å². The Hall–Kier alpha value is -3.56. The van der Waals surface area contributed by atoms with Gasteiger partial charge in [-0.2, -0.15) is 5.10 Å². The van der Waals surface area contributed by atoms with Gasteiger partial charge in [0.25, 0.3) is 0 Å². The van der Waals surface area contributed by atoms with Crippen molar-refractivity contribution >= 4 is 45.1 Å². The molecule has 2 aromatic heterocycles. The summed E-state index contributed by atoms with van der Waals surface area (Å²) in [4.78, 5) is 27.2. The van der Waals surface area contributed by atoms with Crippen LogP contribution in [0.15, 0.2) is 37.1 Å². The lowest BCUT2D eigenvalue weighted by atomic mass is 9.95. The standard InChI is InChI=1S/C26H27ClFN7O/c1-5-21(36)34-8-10-35(11-9-34)26-16-12-18(27)23(22-15(2)6-7-19-17(22)13-29-32-19)24(28)25(16)30-20(31-26)14-33(3)4/h5-7,12-13H,1,8-11,14H2,2-4H3,(H,29,32). The van der Waals surface area contributed by atoms with Crippen LogP contribution in [0, 0.1) is 12.7 Å². The molecule has 3 heterocycles. The van der Waals surface area contributed by atoms with Crippen molar-refractivity contribution < 1.29 is 9.18 Å². The summed E-state index contributed by atoms with van der Waals surface area (Å²) in [6.45, 7) is 8.11. The molecule has 0 unspecified atom stereocenters. The minimum absolute atomic E-state index is 0.0991. The number of carbonyl (C=O) groups is 1. The monoisotopic (exact) mass is 507 g/mol. The zero-order valence-electron chi connectivity index (χ0n) is 20.5.